The maximum atomic E-state index is 10.7. The molecule has 0 heterocycles. The van der Waals surface area contributed by atoms with Gasteiger partial charge in [0.2, 0.25) is 0 Å². The molecule has 0 aliphatic rings. The van der Waals surface area contributed by atoms with Crippen LogP contribution >= 0.6 is 0 Å². The van der Waals surface area contributed by atoms with Crippen LogP contribution in [0.2, 0.25) is 0 Å². The van der Waals surface area contributed by atoms with Gasteiger partial charge in [-0.2, -0.15) is 0 Å². The molecule has 1 unspecified atom stereocenters. The first-order chi connectivity index (χ1) is 7.38. The Hall–Kier alpha value is -2.23. The van der Waals surface area contributed by atoms with E-state index >= 15 is 0 Å². The quantitative estimate of drug-likeness (QED) is 0.485. The highest BCUT2D eigenvalue weighted by molar-refractivity contribution is 5.81. The van der Waals surface area contributed by atoms with Crippen molar-refractivity contribution in [1.29, 1.82) is 0 Å². The Morgan fingerprint density at radius 3 is 2.06 bits per heavy atom. The molecule has 0 aromatic heterocycles. The number of hydrogen-bond donors (Lipinski definition) is 4. The van der Waals surface area contributed by atoms with Crippen molar-refractivity contribution < 1.29 is 29.7 Å². The highest BCUT2D eigenvalue weighted by Gasteiger charge is 2.26. The van der Waals surface area contributed by atoms with Crippen molar-refractivity contribution in [3.8, 4) is 11.8 Å². The predicted octanol–water partition coefficient (Wildman–Crippen LogP) is -0.179. The minimum Gasteiger partial charge on any atom is -0.480 e. The van der Waals surface area contributed by atoms with Gasteiger partial charge >= 0.3 is 18.0 Å². The van der Waals surface area contributed by atoms with Crippen molar-refractivity contribution in [2.75, 3.05) is 0 Å². The summed E-state index contributed by atoms with van der Waals surface area (Å²) in [6.07, 6.45) is -1.95. The summed E-state index contributed by atoms with van der Waals surface area (Å²) in [6.45, 7) is 1.41. The molecule has 1 amide bonds. The molecule has 0 fully saturated rings. The van der Waals surface area contributed by atoms with E-state index in [1.54, 1.807) is 5.32 Å². The van der Waals surface area contributed by atoms with Crippen LogP contribution in [0.25, 0.3) is 0 Å². The van der Waals surface area contributed by atoms with Crippen molar-refractivity contribution in [3.63, 3.8) is 0 Å². The van der Waals surface area contributed by atoms with Gasteiger partial charge in [0, 0.05) is 6.42 Å². The van der Waals surface area contributed by atoms with Crippen LogP contribution in [-0.4, -0.2) is 39.4 Å². The van der Waals surface area contributed by atoms with E-state index in [9.17, 15) is 14.4 Å². The van der Waals surface area contributed by atoms with Gasteiger partial charge < -0.3 is 20.6 Å². The Balaban J connectivity index is 4.68. The monoisotopic (exact) mass is 229 g/mol. The Labute approximate surface area is 91.1 Å². The standard InChI is InChI=1S/C9H11NO6/c1-2-3-5(7(11)12)4-6(8(13)14)10-9(15)16/h5-6,10H,4H2,1H3,(H,11,12)(H,13,14)(H,15,16)/t5?,6-/m1/s1. The second-order valence-corrected chi connectivity index (χ2v) is 2.86. The maximum Gasteiger partial charge on any atom is 0.405 e. The molecule has 0 aliphatic heterocycles. The average Bonchev–Trinajstić information content (AvgIpc) is 2.14. The topological polar surface area (TPSA) is 124 Å². The molecule has 0 aromatic carbocycles. The van der Waals surface area contributed by atoms with E-state index in [0.29, 0.717) is 0 Å². The Morgan fingerprint density at radius 2 is 1.75 bits per heavy atom. The molecule has 0 spiro atoms. The molecular formula is C9H11NO6. The SMILES string of the molecule is CC#CC(C[C@@H](NC(=O)O)C(=O)O)C(=O)O. The number of carboxylic acid groups (broad SMARTS) is 3. The second-order valence-electron chi connectivity index (χ2n) is 2.86. The molecule has 0 saturated heterocycles. The zero-order valence-corrected chi connectivity index (χ0v) is 8.43. The van der Waals surface area contributed by atoms with Crippen molar-refractivity contribution in [1.82, 2.24) is 5.32 Å². The van der Waals surface area contributed by atoms with E-state index in [4.69, 9.17) is 15.3 Å². The van der Waals surface area contributed by atoms with Crippen molar-refractivity contribution in [3.05, 3.63) is 0 Å². The largest absolute Gasteiger partial charge is 0.480 e. The molecule has 0 bridgehead atoms. The molecule has 7 heteroatoms. The molecule has 88 valence electrons. The van der Waals surface area contributed by atoms with E-state index < -0.39 is 36.4 Å². The van der Waals surface area contributed by atoms with Gasteiger partial charge in [-0.25, -0.2) is 9.59 Å². The van der Waals surface area contributed by atoms with Crippen molar-refractivity contribution >= 4 is 18.0 Å². The predicted molar refractivity (Wildman–Crippen MR) is 51.8 cm³/mol. The van der Waals surface area contributed by atoms with Crippen LogP contribution in [0.4, 0.5) is 4.79 Å². The molecule has 0 saturated carbocycles. The van der Waals surface area contributed by atoms with E-state index in [2.05, 4.69) is 11.8 Å². The zero-order valence-electron chi connectivity index (χ0n) is 8.43. The maximum absolute atomic E-state index is 10.7. The molecule has 2 atom stereocenters. The molecule has 4 N–H and O–H groups in total. The molecule has 7 nitrogen and oxygen atoms in total. The number of amides is 1. The normalized spacial score (nSPS) is 12.8. The number of carbonyl (C=O) groups is 3. The summed E-state index contributed by atoms with van der Waals surface area (Å²) in [4.78, 5) is 31.6. The zero-order chi connectivity index (χ0) is 12.7. The lowest BCUT2D eigenvalue weighted by Gasteiger charge is -2.13. The summed E-state index contributed by atoms with van der Waals surface area (Å²) in [5.74, 6) is 0.710. The third-order valence-electron chi connectivity index (χ3n) is 1.68. The van der Waals surface area contributed by atoms with Crippen LogP contribution in [-0.2, 0) is 9.59 Å². The van der Waals surface area contributed by atoms with Gasteiger partial charge in [0.15, 0.2) is 0 Å². The van der Waals surface area contributed by atoms with Crippen LogP contribution in [0.1, 0.15) is 13.3 Å². The molecule has 16 heavy (non-hydrogen) atoms. The highest BCUT2D eigenvalue weighted by atomic mass is 16.4. The van der Waals surface area contributed by atoms with Gasteiger partial charge in [0.1, 0.15) is 12.0 Å². The fourth-order valence-electron chi connectivity index (χ4n) is 1.00. The summed E-state index contributed by atoms with van der Waals surface area (Å²) < 4.78 is 0. The summed E-state index contributed by atoms with van der Waals surface area (Å²) in [5, 5.41) is 27.4. The van der Waals surface area contributed by atoms with Gasteiger partial charge in [0.05, 0.1) is 0 Å². The minimum absolute atomic E-state index is 0.419. The fraction of sp³-hybridized carbons (Fsp3) is 0.444. The van der Waals surface area contributed by atoms with E-state index in [1.165, 1.54) is 6.92 Å². The lowest BCUT2D eigenvalue weighted by Crippen LogP contribution is -2.42. The molecule has 0 aromatic rings. The minimum atomic E-state index is -1.53. The molecular weight excluding hydrogens is 218 g/mol. The number of carboxylic acids is 2. The lowest BCUT2D eigenvalue weighted by molar-refractivity contribution is -0.142. The van der Waals surface area contributed by atoms with Gasteiger partial charge in [0.25, 0.3) is 0 Å². The molecule has 0 radical (unpaired) electrons. The van der Waals surface area contributed by atoms with Crippen LogP contribution in [0.5, 0.6) is 0 Å². The Kier molecular flexibility index (Phi) is 5.41. The van der Waals surface area contributed by atoms with Gasteiger partial charge in [-0.3, -0.25) is 4.79 Å². The first-order valence-electron chi connectivity index (χ1n) is 4.25. The van der Waals surface area contributed by atoms with E-state index in [-0.39, 0.29) is 0 Å². The summed E-state index contributed by atoms with van der Waals surface area (Å²) in [5.41, 5.74) is 0. The molecule has 0 rings (SSSR count). The Morgan fingerprint density at radius 1 is 1.19 bits per heavy atom. The summed E-state index contributed by atoms with van der Waals surface area (Å²) in [6, 6.07) is -1.49. The van der Waals surface area contributed by atoms with Crippen molar-refractivity contribution in [2.24, 2.45) is 5.92 Å². The number of nitrogens with one attached hydrogen (secondary N) is 1. The van der Waals surface area contributed by atoms with Crippen LogP contribution < -0.4 is 5.32 Å². The first-order valence-corrected chi connectivity index (χ1v) is 4.25. The van der Waals surface area contributed by atoms with Crippen LogP contribution in [0, 0.1) is 17.8 Å². The second kappa shape index (κ2) is 6.29. The highest BCUT2D eigenvalue weighted by Crippen LogP contribution is 2.07. The third-order valence-corrected chi connectivity index (χ3v) is 1.68. The average molecular weight is 229 g/mol. The van der Waals surface area contributed by atoms with Gasteiger partial charge in [-0.1, -0.05) is 5.92 Å². The Bertz CT molecular complexity index is 353. The molecule has 0 aliphatic carbocycles. The van der Waals surface area contributed by atoms with Crippen LogP contribution in [0.15, 0.2) is 0 Å². The number of rotatable bonds is 5. The van der Waals surface area contributed by atoms with Crippen molar-refractivity contribution in [2.45, 2.75) is 19.4 Å². The summed E-state index contributed by atoms with van der Waals surface area (Å²) in [7, 11) is 0. The van der Waals surface area contributed by atoms with Crippen LogP contribution in [0.3, 0.4) is 0 Å². The lowest BCUT2D eigenvalue weighted by atomic mass is 10.0. The first kappa shape index (κ1) is 13.8. The number of aliphatic carboxylic acids is 2. The number of hydrogen-bond acceptors (Lipinski definition) is 3. The smallest absolute Gasteiger partial charge is 0.405 e. The third kappa shape index (κ3) is 4.85. The van der Waals surface area contributed by atoms with E-state index in [1.807, 2.05) is 0 Å². The van der Waals surface area contributed by atoms with E-state index in [0.717, 1.165) is 0 Å². The van der Waals surface area contributed by atoms with Gasteiger partial charge in [-0.05, 0) is 6.92 Å². The van der Waals surface area contributed by atoms with Gasteiger partial charge in [-0.15, -0.1) is 5.92 Å². The summed E-state index contributed by atoms with van der Waals surface area (Å²) >= 11 is 0. The fourth-order valence-corrected chi connectivity index (χ4v) is 1.00.